The molecular formula is C24H25N7O6S. The van der Waals surface area contributed by atoms with E-state index in [1.165, 1.54) is 34.9 Å². The number of anilines is 1. The molecule has 1 aliphatic heterocycles. The minimum absolute atomic E-state index is 0.0187. The molecule has 2 aromatic heterocycles. The fourth-order valence-corrected chi connectivity index (χ4v) is 5.98. The number of nitro groups is 1. The zero-order chi connectivity index (χ0) is 26.9. The first-order valence-corrected chi connectivity index (χ1v) is 13.2. The van der Waals surface area contributed by atoms with E-state index in [0.29, 0.717) is 43.3 Å². The topological polar surface area (TPSA) is 145 Å². The quantitative estimate of drug-likeness (QED) is 0.254. The van der Waals surface area contributed by atoms with E-state index in [1.807, 2.05) is 18.2 Å². The highest BCUT2D eigenvalue weighted by atomic mass is 32.2. The molecule has 5 rings (SSSR count). The minimum Gasteiger partial charge on any atom is -0.493 e. The van der Waals surface area contributed by atoms with E-state index in [0.717, 1.165) is 16.9 Å². The van der Waals surface area contributed by atoms with E-state index in [2.05, 4.69) is 20.0 Å². The third kappa shape index (κ3) is 4.59. The lowest BCUT2D eigenvalue weighted by molar-refractivity contribution is -0.384. The Morgan fingerprint density at radius 3 is 2.42 bits per heavy atom. The number of hydrogen-bond donors (Lipinski definition) is 0. The fourth-order valence-electron chi connectivity index (χ4n) is 4.51. The zero-order valence-corrected chi connectivity index (χ0v) is 21.5. The van der Waals surface area contributed by atoms with E-state index in [-0.39, 0.29) is 17.1 Å². The molecule has 13 nitrogen and oxygen atoms in total. The molecule has 0 amide bonds. The second kappa shape index (κ2) is 10.2. The number of methoxy groups -OCH3 is 2. The number of ether oxygens (including phenoxy) is 2. The first-order chi connectivity index (χ1) is 18.3. The Morgan fingerprint density at radius 1 is 0.947 bits per heavy atom. The van der Waals surface area contributed by atoms with Gasteiger partial charge in [0.25, 0.3) is 11.5 Å². The van der Waals surface area contributed by atoms with E-state index < -0.39 is 14.9 Å². The number of nitro benzene ring substituents is 1. The van der Waals surface area contributed by atoms with E-state index in [9.17, 15) is 18.5 Å². The Labute approximate surface area is 218 Å². The Bertz CT molecular complexity index is 1590. The standard InChI is InChI=1S/C24H25N7O6S/c1-36-21-9-4-17(14-22(21)37-2)20-15-25-24-26-16-27-30(24)23(20)28-10-3-11-29(13-12-28)38(34,35)19-7-5-18(6-8-19)31(32)33/h4-9,14-16H,3,10-13H2,1-2H3. The number of benzene rings is 2. The molecule has 1 aliphatic rings. The molecule has 14 heteroatoms. The van der Waals surface area contributed by atoms with E-state index >= 15 is 0 Å². The summed E-state index contributed by atoms with van der Waals surface area (Å²) in [6.45, 7) is 1.45. The smallest absolute Gasteiger partial charge is 0.269 e. The maximum atomic E-state index is 13.3. The normalized spacial score (nSPS) is 14.8. The van der Waals surface area contributed by atoms with Crippen LogP contribution in [0.2, 0.25) is 0 Å². The summed E-state index contributed by atoms with van der Waals surface area (Å²) in [5.74, 6) is 2.30. The predicted molar refractivity (Wildman–Crippen MR) is 138 cm³/mol. The highest BCUT2D eigenvalue weighted by molar-refractivity contribution is 7.89. The molecule has 4 aromatic rings. The number of sulfonamides is 1. The molecule has 0 saturated carbocycles. The summed E-state index contributed by atoms with van der Waals surface area (Å²) in [5.41, 5.74) is 1.43. The van der Waals surface area contributed by atoms with Crippen LogP contribution in [0.25, 0.3) is 16.9 Å². The summed E-state index contributed by atoms with van der Waals surface area (Å²) in [6.07, 6.45) is 3.69. The number of hydrogen-bond acceptors (Lipinski definition) is 10. The summed E-state index contributed by atoms with van der Waals surface area (Å²) in [5, 5.41) is 15.3. The van der Waals surface area contributed by atoms with Crippen molar-refractivity contribution in [3.05, 3.63) is 65.1 Å². The van der Waals surface area contributed by atoms with Gasteiger partial charge >= 0.3 is 0 Å². The summed E-state index contributed by atoms with van der Waals surface area (Å²) in [6, 6.07) is 10.5. The molecule has 0 bridgehead atoms. The second-order valence-corrected chi connectivity index (χ2v) is 10.5. The van der Waals surface area contributed by atoms with Gasteiger partial charge in [0, 0.05) is 50.1 Å². The van der Waals surface area contributed by atoms with Crippen molar-refractivity contribution in [1.82, 2.24) is 23.9 Å². The molecule has 2 aromatic carbocycles. The molecule has 198 valence electrons. The van der Waals surface area contributed by atoms with Gasteiger partial charge in [0.1, 0.15) is 12.1 Å². The van der Waals surface area contributed by atoms with Crippen molar-refractivity contribution < 1.29 is 22.8 Å². The van der Waals surface area contributed by atoms with Crippen molar-refractivity contribution in [2.45, 2.75) is 11.3 Å². The molecule has 0 N–H and O–H groups in total. The van der Waals surface area contributed by atoms with Gasteiger partial charge in [-0.3, -0.25) is 10.1 Å². The van der Waals surface area contributed by atoms with Crippen LogP contribution in [0.1, 0.15) is 6.42 Å². The van der Waals surface area contributed by atoms with Crippen LogP contribution < -0.4 is 14.4 Å². The Balaban J connectivity index is 1.48. The van der Waals surface area contributed by atoms with Gasteiger partial charge in [-0.2, -0.15) is 18.9 Å². The van der Waals surface area contributed by atoms with Gasteiger partial charge in [0.2, 0.25) is 10.0 Å². The van der Waals surface area contributed by atoms with Gasteiger partial charge in [-0.05, 0) is 36.2 Å². The van der Waals surface area contributed by atoms with Crippen LogP contribution in [0.15, 0.2) is 59.9 Å². The first kappa shape index (κ1) is 25.4. The molecule has 0 aliphatic carbocycles. The van der Waals surface area contributed by atoms with E-state index in [1.54, 1.807) is 24.9 Å². The molecule has 1 saturated heterocycles. The largest absolute Gasteiger partial charge is 0.493 e. The lowest BCUT2D eigenvalue weighted by Crippen LogP contribution is -2.35. The number of rotatable bonds is 7. The Hall–Kier alpha value is -4.30. The van der Waals surface area contributed by atoms with Crippen molar-refractivity contribution in [3.63, 3.8) is 0 Å². The van der Waals surface area contributed by atoms with Crippen molar-refractivity contribution in [2.75, 3.05) is 45.3 Å². The molecular weight excluding hydrogens is 514 g/mol. The monoisotopic (exact) mass is 539 g/mol. The lowest BCUT2D eigenvalue weighted by atomic mass is 10.1. The molecule has 1 fully saturated rings. The van der Waals surface area contributed by atoms with Crippen LogP contribution in [0.5, 0.6) is 11.5 Å². The van der Waals surface area contributed by atoms with Gasteiger partial charge in [0.05, 0.1) is 24.0 Å². The zero-order valence-electron chi connectivity index (χ0n) is 20.7. The van der Waals surface area contributed by atoms with Gasteiger partial charge < -0.3 is 14.4 Å². The molecule has 0 radical (unpaired) electrons. The Morgan fingerprint density at radius 2 is 1.71 bits per heavy atom. The number of fused-ring (bicyclic) bond motifs is 1. The number of non-ortho nitro benzene ring substituents is 1. The molecule has 3 heterocycles. The summed E-state index contributed by atoms with van der Waals surface area (Å²) in [7, 11) is -0.703. The summed E-state index contributed by atoms with van der Waals surface area (Å²) >= 11 is 0. The van der Waals surface area contributed by atoms with Crippen LogP contribution in [-0.2, 0) is 10.0 Å². The first-order valence-electron chi connectivity index (χ1n) is 11.7. The maximum absolute atomic E-state index is 13.3. The molecule has 0 atom stereocenters. The average molecular weight is 540 g/mol. The van der Waals surface area contributed by atoms with E-state index in [4.69, 9.17) is 9.47 Å². The SMILES string of the molecule is COc1ccc(-c2cnc3ncnn3c2N2CCCN(S(=O)(=O)c3ccc([N+](=O)[O-])cc3)CC2)cc1OC. The van der Waals surface area contributed by atoms with Crippen molar-refractivity contribution in [3.8, 4) is 22.6 Å². The molecule has 38 heavy (non-hydrogen) atoms. The van der Waals surface area contributed by atoms with Crippen LogP contribution in [0, 0.1) is 10.1 Å². The third-order valence-corrected chi connectivity index (χ3v) is 8.33. The Kier molecular flexibility index (Phi) is 6.82. The highest BCUT2D eigenvalue weighted by Crippen LogP contribution is 2.37. The van der Waals surface area contributed by atoms with Crippen LogP contribution >= 0.6 is 0 Å². The van der Waals surface area contributed by atoms with Gasteiger partial charge in [-0.1, -0.05) is 6.07 Å². The lowest BCUT2D eigenvalue weighted by Gasteiger charge is -2.26. The maximum Gasteiger partial charge on any atom is 0.269 e. The van der Waals surface area contributed by atoms with Gasteiger partial charge in [0.15, 0.2) is 11.5 Å². The summed E-state index contributed by atoms with van der Waals surface area (Å²) in [4.78, 5) is 21.2. The average Bonchev–Trinajstić information content (AvgIpc) is 3.28. The molecule has 0 unspecified atom stereocenters. The minimum atomic E-state index is -3.84. The van der Waals surface area contributed by atoms with Gasteiger partial charge in [-0.25, -0.2) is 13.4 Å². The van der Waals surface area contributed by atoms with Crippen LogP contribution in [0.3, 0.4) is 0 Å². The molecule has 0 spiro atoms. The second-order valence-electron chi connectivity index (χ2n) is 8.53. The van der Waals surface area contributed by atoms with Crippen LogP contribution in [-0.4, -0.2) is 77.6 Å². The number of aromatic nitrogens is 4. The fraction of sp³-hybridized carbons (Fsp3) is 0.292. The van der Waals surface area contributed by atoms with Crippen LogP contribution in [0.4, 0.5) is 11.5 Å². The highest BCUT2D eigenvalue weighted by Gasteiger charge is 2.29. The predicted octanol–water partition coefficient (Wildman–Crippen LogP) is 2.62. The third-order valence-electron chi connectivity index (χ3n) is 6.41. The van der Waals surface area contributed by atoms with Gasteiger partial charge in [-0.15, -0.1) is 0 Å². The van der Waals surface area contributed by atoms with Crippen molar-refractivity contribution in [2.24, 2.45) is 0 Å². The van der Waals surface area contributed by atoms with Crippen molar-refractivity contribution >= 4 is 27.3 Å². The number of nitrogens with zero attached hydrogens (tertiary/aromatic N) is 7. The van der Waals surface area contributed by atoms with Crippen molar-refractivity contribution in [1.29, 1.82) is 0 Å². The summed E-state index contributed by atoms with van der Waals surface area (Å²) < 4.78 is 40.6.